The van der Waals surface area contributed by atoms with Crippen LogP contribution >= 0.6 is 11.8 Å². The number of benzene rings is 2. The first-order valence-electron chi connectivity index (χ1n) is 12.8. The molecule has 1 aliphatic carbocycles. The molecule has 210 valence electrons. The van der Waals surface area contributed by atoms with Gasteiger partial charge in [-0.3, -0.25) is 4.79 Å². The van der Waals surface area contributed by atoms with E-state index in [1.807, 2.05) is 54.0 Å². The maximum absolute atomic E-state index is 15.1. The standard InChI is InChI=1S/C27H37F2N3O4S2/c1-32(2)16-13-20(19-37-21-11-7-6-8-12-21)30-25-23(28)17-22(18-24(25)29)38(34,35)31-26(33)27(36-3)14-9-4-5-10-15-27/h6-8,11-12,17-18,20,30H,4-5,9-10,13-16,19H2,1-3H3,(H,31,33)/t20-/m1/s1. The summed E-state index contributed by atoms with van der Waals surface area (Å²) in [5.41, 5.74) is -1.68. The van der Waals surface area contributed by atoms with E-state index in [2.05, 4.69) is 5.32 Å². The summed E-state index contributed by atoms with van der Waals surface area (Å²) in [7, 11) is 0.682. The molecule has 0 aliphatic heterocycles. The van der Waals surface area contributed by atoms with Crippen LogP contribution < -0.4 is 10.0 Å². The lowest BCUT2D eigenvalue weighted by Crippen LogP contribution is -2.49. The number of rotatable bonds is 12. The van der Waals surface area contributed by atoms with Crippen molar-refractivity contribution < 1.29 is 26.7 Å². The van der Waals surface area contributed by atoms with Crippen LogP contribution in [0.15, 0.2) is 52.3 Å². The number of carbonyl (C=O) groups excluding carboxylic acids is 1. The highest BCUT2D eigenvalue weighted by Crippen LogP contribution is 2.31. The molecule has 0 unspecified atom stereocenters. The number of hydrogen-bond acceptors (Lipinski definition) is 7. The first-order valence-corrected chi connectivity index (χ1v) is 15.2. The lowest BCUT2D eigenvalue weighted by Gasteiger charge is -2.29. The number of carbonyl (C=O) groups is 1. The van der Waals surface area contributed by atoms with Crippen molar-refractivity contribution in [1.82, 2.24) is 9.62 Å². The number of hydrogen-bond donors (Lipinski definition) is 2. The van der Waals surface area contributed by atoms with E-state index in [0.29, 0.717) is 31.6 Å². The SMILES string of the molecule is COC1(C(=O)NS(=O)(=O)c2cc(F)c(N[C@H](CCN(C)C)CSc3ccccc3)c(F)c2)CCCCCC1. The normalized spacial score (nSPS) is 16.6. The summed E-state index contributed by atoms with van der Waals surface area (Å²) in [6.07, 6.45) is 4.67. The molecule has 1 amide bonds. The molecule has 1 atom stereocenters. The van der Waals surface area contributed by atoms with Gasteiger partial charge in [-0.05, 0) is 64.2 Å². The monoisotopic (exact) mass is 569 g/mol. The van der Waals surface area contributed by atoms with Crippen molar-refractivity contribution >= 4 is 33.4 Å². The van der Waals surface area contributed by atoms with Crippen LogP contribution in [0.25, 0.3) is 0 Å². The predicted molar refractivity (Wildman–Crippen MR) is 147 cm³/mol. The summed E-state index contributed by atoms with van der Waals surface area (Å²) in [6, 6.07) is 10.9. The molecule has 7 nitrogen and oxygen atoms in total. The third-order valence-electron chi connectivity index (χ3n) is 6.74. The molecule has 1 fully saturated rings. The number of thioether (sulfide) groups is 1. The van der Waals surface area contributed by atoms with Gasteiger partial charge < -0.3 is 15.0 Å². The van der Waals surface area contributed by atoms with E-state index in [1.54, 1.807) is 11.8 Å². The summed E-state index contributed by atoms with van der Waals surface area (Å²) in [6.45, 7) is 0.690. The maximum Gasteiger partial charge on any atom is 0.265 e. The summed E-state index contributed by atoms with van der Waals surface area (Å²) < 4.78 is 63.6. The van der Waals surface area contributed by atoms with Gasteiger partial charge in [-0.2, -0.15) is 0 Å². The Labute approximate surface area is 228 Å². The lowest BCUT2D eigenvalue weighted by atomic mass is 9.93. The van der Waals surface area contributed by atoms with Crippen molar-refractivity contribution in [3.8, 4) is 0 Å². The first kappa shape index (κ1) is 30.3. The quantitative estimate of drug-likeness (QED) is 0.274. The third-order valence-corrected chi connectivity index (χ3v) is 9.22. The van der Waals surface area contributed by atoms with Crippen molar-refractivity contribution in [2.75, 3.05) is 38.8 Å². The largest absolute Gasteiger partial charge is 0.377 e. The van der Waals surface area contributed by atoms with E-state index < -0.39 is 43.7 Å². The van der Waals surface area contributed by atoms with Crippen molar-refractivity contribution in [3.63, 3.8) is 0 Å². The second kappa shape index (κ2) is 13.7. The Morgan fingerprint density at radius 2 is 1.68 bits per heavy atom. The number of ether oxygens (including phenoxy) is 1. The maximum atomic E-state index is 15.1. The Balaban J connectivity index is 1.77. The van der Waals surface area contributed by atoms with Gasteiger partial charge >= 0.3 is 0 Å². The van der Waals surface area contributed by atoms with Crippen LogP contribution in [0.5, 0.6) is 0 Å². The first-order chi connectivity index (χ1) is 18.1. The second-order valence-electron chi connectivity index (χ2n) is 9.87. The fourth-order valence-corrected chi connectivity index (χ4v) is 6.53. The number of sulfonamides is 1. The van der Waals surface area contributed by atoms with E-state index in [0.717, 1.165) is 42.7 Å². The van der Waals surface area contributed by atoms with E-state index in [4.69, 9.17) is 4.74 Å². The minimum atomic E-state index is -4.53. The average molecular weight is 570 g/mol. The zero-order valence-corrected chi connectivity index (χ0v) is 23.8. The molecular weight excluding hydrogens is 532 g/mol. The highest BCUT2D eigenvalue weighted by molar-refractivity contribution is 7.99. The molecule has 1 saturated carbocycles. The Kier molecular flexibility index (Phi) is 11.0. The fraction of sp³-hybridized carbons (Fsp3) is 0.519. The number of anilines is 1. The fourth-order valence-electron chi connectivity index (χ4n) is 4.47. The van der Waals surface area contributed by atoms with Crippen molar-refractivity contribution in [3.05, 3.63) is 54.1 Å². The van der Waals surface area contributed by atoms with Gasteiger partial charge in [0, 0.05) is 23.8 Å². The highest BCUT2D eigenvalue weighted by atomic mass is 32.2. The zero-order valence-electron chi connectivity index (χ0n) is 22.1. The number of halogens is 2. The Bertz CT molecular complexity index is 1150. The summed E-state index contributed by atoms with van der Waals surface area (Å²) >= 11 is 1.56. The number of nitrogens with zero attached hydrogens (tertiary/aromatic N) is 1. The molecule has 1 aliphatic rings. The molecular formula is C27H37F2N3O4S2. The average Bonchev–Trinajstić information content (AvgIpc) is 3.14. The zero-order chi connectivity index (χ0) is 27.8. The minimum Gasteiger partial charge on any atom is -0.377 e. The number of methoxy groups -OCH3 is 1. The molecule has 0 bridgehead atoms. The van der Waals surface area contributed by atoms with Gasteiger partial charge in [0.05, 0.1) is 4.90 Å². The topological polar surface area (TPSA) is 87.7 Å². The molecule has 0 radical (unpaired) electrons. The van der Waals surface area contributed by atoms with Gasteiger partial charge in [0.2, 0.25) is 0 Å². The molecule has 38 heavy (non-hydrogen) atoms. The second-order valence-corrected chi connectivity index (χ2v) is 12.6. The van der Waals surface area contributed by atoms with E-state index in [9.17, 15) is 13.2 Å². The number of amides is 1. The third kappa shape index (κ3) is 8.14. The minimum absolute atomic E-state index is 0.287. The molecule has 2 N–H and O–H groups in total. The highest BCUT2D eigenvalue weighted by Gasteiger charge is 2.41. The van der Waals surface area contributed by atoms with Crippen molar-refractivity contribution in [2.24, 2.45) is 0 Å². The van der Waals surface area contributed by atoms with Gasteiger partial charge in [0.25, 0.3) is 15.9 Å². The van der Waals surface area contributed by atoms with Crippen molar-refractivity contribution in [1.29, 1.82) is 0 Å². The number of nitrogens with one attached hydrogen (secondary N) is 2. The molecule has 11 heteroatoms. The molecule has 2 aromatic rings. The lowest BCUT2D eigenvalue weighted by molar-refractivity contribution is -0.143. The van der Waals surface area contributed by atoms with Crippen LogP contribution in [-0.2, 0) is 19.6 Å². The summed E-state index contributed by atoms with van der Waals surface area (Å²) in [4.78, 5) is 15.3. The van der Waals surface area contributed by atoms with Gasteiger partial charge in [-0.1, -0.05) is 43.9 Å². The molecule has 3 rings (SSSR count). The Morgan fingerprint density at radius 3 is 2.24 bits per heavy atom. The molecule has 0 heterocycles. The molecule has 0 saturated heterocycles. The van der Waals surface area contributed by atoms with Crippen LogP contribution in [0.2, 0.25) is 0 Å². The van der Waals surface area contributed by atoms with Gasteiger partial charge in [-0.15, -0.1) is 11.8 Å². The van der Waals surface area contributed by atoms with Crippen LogP contribution in [0, 0.1) is 11.6 Å². The Morgan fingerprint density at radius 1 is 1.08 bits per heavy atom. The van der Waals surface area contributed by atoms with Gasteiger partial charge in [0.15, 0.2) is 11.6 Å². The smallest absolute Gasteiger partial charge is 0.265 e. The van der Waals surface area contributed by atoms with E-state index in [1.165, 1.54) is 7.11 Å². The molecule has 2 aromatic carbocycles. The summed E-state index contributed by atoms with van der Waals surface area (Å²) in [5.74, 6) is -2.36. The van der Waals surface area contributed by atoms with E-state index >= 15 is 8.78 Å². The summed E-state index contributed by atoms with van der Waals surface area (Å²) in [5, 5.41) is 2.93. The van der Waals surface area contributed by atoms with Gasteiger partial charge in [-0.25, -0.2) is 21.9 Å². The molecule has 0 spiro atoms. The van der Waals surface area contributed by atoms with Crippen LogP contribution in [0.3, 0.4) is 0 Å². The predicted octanol–water partition coefficient (Wildman–Crippen LogP) is 5.03. The van der Waals surface area contributed by atoms with Crippen LogP contribution in [0.4, 0.5) is 14.5 Å². The van der Waals surface area contributed by atoms with Crippen LogP contribution in [-0.4, -0.2) is 64.4 Å². The van der Waals surface area contributed by atoms with E-state index in [-0.39, 0.29) is 6.04 Å². The van der Waals surface area contributed by atoms with Crippen molar-refractivity contribution in [2.45, 2.75) is 66.4 Å². The van der Waals surface area contributed by atoms with Gasteiger partial charge in [0.1, 0.15) is 11.3 Å². The van der Waals surface area contributed by atoms with Crippen LogP contribution in [0.1, 0.15) is 44.9 Å². The Hall–Kier alpha value is -2.21. The molecule has 0 aromatic heterocycles.